The van der Waals surface area contributed by atoms with Crippen molar-refractivity contribution in [3.05, 3.63) is 46.9 Å². The van der Waals surface area contributed by atoms with Crippen LogP contribution >= 0.6 is 0 Å². The summed E-state index contributed by atoms with van der Waals surface area (Å²) in [6.07, 6.45) is 3.12. The lowest BCUT2D eigenvalue weighted by molar-refractivity contribution is 0.0321. The van der Waals surface area contributed by atoms with Gasteiger partial charge >= 0.3 is 0 Å². The second-order valence-corrected chi connectivity index (χ2v) is 6.65. The fraction of sp³-hybridized carbons (Fsp3) is 0.333. The highest BCUT2D eigenvalue weighted by Crippen LogP contribution is 2.42. The lowest BCUT2D eigenvalue weighted by Gasteiger charge is -2.26. The third-order valence-electron chi connectivity index (χ3n) is 4.73. The first kappa shape index (κ1) is 20.0. The van der Waals surface area contributed by atoms with E-state index in [1.165, 1.54) is 19.2 Å². The van der Waals surface area contributed by atoms with Crippen molar-refractivity contribution in [2.24, 2.45) is 0 Å². The summed E-state index contributed by atoms with van der Waals surface area (Å²) in [4.78, 5) is 18.7. The number of phenolic OH excluding ortho intramolecular Hbond substituents is 1. The van der Waals surface area contributed by atoms with Crippen LogP contribution < -0.4 is 19.6 Å². The Labute approximate surface area is 172 Å². The maximum atomic E-state index is 12.6. The molecule has 1 aliphatic heterocycles. The van der Waals surface area contributed by atoms with Gasteiger partial charge in [-0.25, -0.2) is 0 Å². The Kier molecular flexibility index (Phi) is 6.01. The number of rotatable bonds is 7. The average molecular weight is 414 g/mol. The molecular formula is C21H22N2O7. The number of fused-ring (bicyclic) bond motifs is 1. The number of aromatic nitrogens is 1. The fourth-order valence-electron chi connectivity index (χ4n) is 3.23. The van der Waals surface area contributed by atoms with E-state index in [1.54, 1.807) is 24.5 Å². The number of phenols is 1. The number of hydrogen-bond acceptors (Lipinski definition) is 9. The van der Waals surface area contributed by atoms with Crippen LogP contribution in [0.2, 0.25) is 0 Å². The molecule has 0 unspecified atom stereocenters. The molecule has 0 spiro atoms. The Bertz CT molecular complexity index is 1060. The van der Waals surface area contributed by atoms with E-state index in [9.17, 15) is 9.90 Å². The van der Waals surface area contributed by atoms with Crippen LogP contribution in [0, 0.1) is 0 Å². The summed E-state index contributed by atoms with van der Waals surface area (Å²) in [7, 11) is 1.40. The molecule has 3 heterocycles. The lowest BCUT2D eigenvalue weighted by atomic mass is 10.2. The van der Waals surface area contributed by atoms with Crippen molar-refractivity contribution in [3.63, 3.8) is 0 Å². The third-order valence-corrected chi connectivity index (χ3v) is 4.73. The fourth-order valence-corrected chi connectivity index (χ4v) is 3.23. The Morgan fingerprint density at radius 2 is 1.97 bits per heavy atom. The summed E-state index contributed by atoms with van der Waals surface area (Å²) < 4.78 is 27.7. The summed E-state index contributed by atoms with van der Waals surface area (Å²) in [5, 5.41) is 10.6. The van der Waals surface area contributed by atoms with Crippen molar-refractivity contribution in [1.82, 2.24) is 9.88 Å². The van der Waals surface area contributed by atoms with Crippen molar-refractivity contribution in [1.29, 1.82) is 0 Å². The molecule has 3 aromatic rings. The van der Waals surface area contributed by atoms with Gasteiger partial charge in [-0.05, 0) is 12.1 Å². The maximum Gasteiger partial charge on any atom is 0.294 e. The zero-order chi connectivity index (χ0) is 20.9. The quantitative estimate of drug-likeness (QED) is 0.624. The van der Waals surface area contributed by atoms with Crippen LogP contribution in [0.1, 0.15) is 0 Å². The molecular weight excluding hydrogens is 392 g/mol. The Balaban J connectivity index is 1.61. The van der Waals surface area contributed by atoms with Crippen molar-refractivity contribution in [2.75, 3.05) is 46.6 Å². The maximum absolute atomic E-state index is 12.6. The molecule has 1 fully saturated rings. The van der Waals surface area contributed by atoms with Crippen molar-refractivity contribution in [2.45, 2.75) is 0 Å². The van der Waals surface area contributed by atoms with Gasteiger partial charge in [0.15, 0.2) is 11.5 Å². The summed E-state index contributed by atoms with van der Waals surface area (Å²) in [5.74, 6) is 0.481. The van der Waals surface area contributed by atoms with Crippen LogP contribution in [-0.4, -0.2) is 61.6 Å². The molecule has 1 saturated heterocycles. The van der Waals surface area contributed by atoms with E-state index < -0.39 is 5.43 Å². The van der Waals surface area contributed by atoms with E-state index in [2.05, 4.69) is 9.88 Å². The number of morpholine rings is 1. The second kappa shape index (κ2) is 9.02. The Morgan fingerprint density at radius 3 is 2.70 bits per heavy atom. The topological polar surface area (TPSA) is 103 Å². The molecule has 158 valence electrons. The van der Waals surface area contributed by atoms with Crippen molar-refractivity contribution >= 4 is 11.0 Å². The molecule has 1 aliphatic rings. The minimum Gasteiger partial charge on any atom is -0.504 e. The molecule has 0 aliphatic carbocycles. The first-order valence-electron chi connectivity index (χ1n) is 9.54. The van der Waals surface area contributed by atoms with Gasteiger partial charge in [-0.3, -0.25) is 14.7 Å². The van der Waals surface area contributed by atoms with Crippen LogP contribution in [0.4, 0.5) is 0 Å². The van der Waals surface area contributed by atoms with Crippen LogP contribution in [0.15, 0.2) is 45.9 Å². The van der Waals surface area contributed by atoms with Gasteiger partial charge in [0, 0.05) is 38.1 Å². The van der Waals surface area contributed by atoms with Crippen LogP contribution in [0.25, 0.3) is 11.0 Å². The van der Waals surface area contributed by atoms with Crippen molar-refractivity contribution in [3.8, 4) is 28.9 Å². The molecule has 9 nitrogen and oxygen atoms in total. The van der Waals surface area contributed by atoms with E-state index >= 15 is 0 Å². The van der Waals surface area contributed by atoms with Gasteiger partial charge in [-0.1, -0.05) is 0 Å². The Hall–Kier alpha value is -3.30. The van der Waals surface area contributed by atoms with Crippen molar-refractivity contribution < 1.29 is 28.5 Å². The number of methoxy groups -OCH3 is 1. The monoisotopic (exact) mass is 414 g/mol. The van der Waals surface area contributed by atoms with Gasteiger partial charge in [0.2, 0.25) is 11.2 Å². The van der Waals surface area contributed by atoms with E-state index in [1.807, 2.05) is 0 Å². The third kappa shape index (κ3) is 4.32. The number of benzene rings is 1. The van der Waals surface area contributed by atoms with Gasteiger partial charge in [0.1, 0.15) is 23.3 Å². The Morgan fingerprint density at radius 1 is 1.20 bits per heavy atom. The molecule has 1 aromatic carbocycles. The number of hydrogen-bond donors (Lipinski definition) is 1. The highest BCUT2D eigenvalue weighted by atomic mass is 16.6. The normalized spacial score (nSPS) is 14.6. The largest absolute Gasteiger partial charge is 0.504 e. The smallest absolute Gasteiger partial charge is 0.294 e. The molecule has 4 rings (SSSR count). The van der Waals surface area contributed by atoms with Crippen LogP contribution in [0.3, 0.4) is 0 Å². The van der Waals surface area contributed by atoms with E-state index in [0.29, 0.717) is 32.1 Å². The standard InChI is InChI=1S/C21H22N2O7/c1-26-21-17(28-11-8-23-6-9-27-10-7-23)13-16-19(20(21)25)15(24)12-18(30-16)29-14-2-4-22-5-3-14/h2-5,12-13,25H,6-11H2,1H3. The molecule has 0 amide bonds. The molecule has 0 bridgehead atoms. The minimum absolute atomic E-state index is 0.00513. The molecule has 9 heteroatoms. The number of aromatic hydroxyl groups is 1. The zero-order valence-corrected chi connectivity index (χ0v) is 16.5. The first-order chi connectivity index (χ1) is 14.7. The second-order valence-electron chi connectivity index (χ2n) is 6.65. The summed E-state index contributed by atoms with van der Waals surface area (Å²) in [5.41, 5.74) is -0.331. The van der Waals surface area contributed by atoms with Gasteiger partial charge in [-0.15, -0.1) is 0 Å². The van der Waals surface area contributed by atoms with Gasteiger partial charge in [0.05, 0.1) is 26.4 Å². The molecule has 30 heavy (non-hydrogen) atoms. The van der Waals surface area contributed by atoms with Crippen LogP contribution in [-0.2, 0) is 4.74 Å². The number of nitrogens with zero attached hydrogens (tertiary/aromatic N) is 2. The van der Waals surface area contributed by atoms with Gasteiger partial charge in [-0.2, -0.15) is 0 Å². The molecule has 0 radical (unpaired) electrons. The van der Waals surface area contributed by atoms with Gasteiger partial charge in [0.25, 0.3) is 5.95 Å². The summed E-state index contributed by atoms with van der Waals surface area (Å²) >= 11 is 0. The highest BCUT2D eigenvalue weighted by Gasteiger charge is 2.20. The summed E-state index contributed by atoms with van der Waals surface area (Å²) in [6, 6.07) is 5.96. The zero-order valence-electron chi connectivity index (χ0n) is 16.5. The predicted octanol–water partition coefficient (Wildman–Crippen LogP) is 2.41. The van der Waals surface area contributed by atoms with Crippen LogP contribution in [0.5, 0.6) is 28.9 Å². The van der Waals surface area contributed by atoms with E-state index in [-0.39, 0.29) is 34.2 Å². The van der Waals surface area contributed by atoms with Gasteiger partial charge < -0.3 is 28.5 Å². The SMILES string of the molecule is COc1c(OCCN2CCOCC2)cc2oc(Oc3ccncc3)cc(=O)c2c1O. The number of ether oxygens (including phenoxy) is 4. The first-order valence-corrected chi connectivity index (χ1v) is 9.54. The highest BCUT2D eigenvalue weighted by molar-refractivity contribution is 5.88. The van der Waals surface area contributed by atoms with E-state index in [0.717, 1.165) is 13.1 Å². The molecule has 1 N–H and O–H groups in total. The number of pyridine rings is 1. The molecule has 0 atom stereocenters. The molecule has 0 saturated carbocycles. The molecule has 2 aromatic heterocycles. The van der Waals surface area contributed by atoms with E-state index in [4.69, 9.17) is 23.4 Å². The minimum atomic E-state index is -0.462. The summed E-state index contributed by atoms with van der Waals surface area (Å²) in [6.45, 7) is 4.15. The average Bonchev–Trinajstić information content (AvgIpc) is 2.75. The lowest BCUT2D eigenvalue weighted by Crippen LogP contribution is -2.38. The predicted molar refractivity (Wildman–Crippen MR) is 108 cm³/mol.